The quantitative estimate of drug-likeness (QED) is 0.883. The zero-order chi connectivity index (χ0) is 12.4. The maximum atomic E-state index is 11.2. The van der Waals surface area contributed by atoms with Crippen molar-refractivity contribution in [1.29, 1.82) is 0 Å². The van der Waals surface area contributed by atoms with Crippen LogP contribution in [0.4, 0.5) is 0 Å². The molecule has 0 aliphatic carbocycles. The van der Waals surface area contributed by atoms with E-state index in [0.29, 0.717) is 16.9 Å². The van der Waals surface area contributed by atoms with Crippen LogP contribution in [0.5, 0.6) is 11.5 Å². The molecule has 2 rings (SSSR count). The lowest BCUT2D eigenvalue weighted by molar-refractivity contribution is 0.0698. The Morgan fingerprint density at radius 1 is 1.12 bits per heavy atom. The van der Waals surface area contributed by atoms with Gasteiger partial charge in [0.2, 0.25) is 0 Å². The molecule has 0 aromatic heterocycles. The van der Waals surface area contributed by atoms with Gasteiger partial charge < -0.3 is 14.6 Å². The first-order valence-electron chi connectivity index (χ1n) is 5.06. The largest absolute Gasteiger partial charge is 0.493 e. The Hall–Kier alpha value is -2.23. The first kappa shape index (κ1) is 11.3. The minimum absolute atomic E-state index is 0.207. The summed E-state index contributed by atoms with van der Waals surface area (Å²) in [6.45, 7) is 0. The lowest BCUT2D eigenvalue weighted by Crippen LogP contribution is -2.01. The van der Waals surface area contributed by atoms with E-state index in [1.807, 2.05) is 12.1 Å². The first-order chi connectivity index (χ1) is 8.19. The molecule has 2 aromatic carbocycles. The predicted octanol–water partition coefficient (Wildman–Crippen LogP) is 2.56. The number of ether oxygens (including phenoxy) is 2. The number of hydrogen-bond donors (Lipinski definition) is 1. The second kappa shape index (κ2) is 4.33. The molecule has 2 aromatic rings. The molecule has 4 heteroatoms. The fourth-order valence-electron chi connectivity index (χ4n) is 1.86. The minimum atomic E-state index is -0.984. The van der Waals surface area contributed by atoms with Gasteiger partial charge in [0, 0.05) is 10.8 Å². The Morgan fingerprint density at radius 3 is 2.29 bits per heavy atom. The number of benzene rings is 2. The van der Waals surface area contributed by atoms with Gasteiger partial charge in [-0.25, -0.2) is 4.79 Å². The molecule has 0 aliphatic rings. The summed E-state index contributed by atoms with van der Waals surface area (Å²) in [4.78, 5) is 11.2. The summed E-state index contributed by atoms with van der Waals surface area (Å²) in [5, 5.41) is 10.5. The van der Waals surface area contributed by atoms with E-state index in [9.17, 15) is 9.90 Å². The van der Waals surface area contributed by atoms with Crippen LogP contribution in [0, 0.1) is 0 Å². The van der Waals surface area contributed by atoms with Gasteiger partial charge in [-0.3, -0.25) is 0 Å². The lowest BCUT2D eigenvalue weighted by atomic mass is 10.0. The van der Waals surface area contributed by atoms with Crippen LogP contribution in [0.2, 0.25) is 0 Å². The Balaban J connectivity index is 2.89. The molecule has 0 saturated heterocycles. The number of carboxylic acids is 1. The van der Waals surface area contributed by atoms with Crippen LogP contribution in [0.1, 0.15) is 10.4 Å². The van der Waals surface area contributed by atoms with Crippen molar-refractivity contribution in [3.05, 3.63) is 35.9 Å². The molecule has 0 spiro atoms. The van der Waals surface area contributed by atoms with Crippen LogP contribution < -0.4 is 9.47 Å². The van der Waals surface area contributed by atoms with Gasteiger partial charge in [-0.1, -0.05) is 24.3 Å². The van der Waals surface area contributed by atoms with E-state index in [0.717, 1.165) is 5.39 Å². The Morgan fingerprint density at radius 2 is 1.76 bits per heavy atom. The number of hydrogen-bond acceptors (Lipinski definition) is 3. The topological polar surface area (TPSA) is 55.8 Å². The summed E-state index contributed by atoms with van der Waals surface area (Å²) < 4.78 is 10.4. The van der Waals surface area contributed by atoms with E-state index in [4.69, 9.17) is 9.47 Å². The normalized spacial score (nSPS) is 10.2. The smallest absolute Gasteiger partial charge is 0.336 e. The van der Waals surface area contributed by atoms with Crippen molar-refractivity contribution >= 4 is 16.7 Å². The van der Waals surface area contributed by atoms with Crippen molar-refractivity contribution in [2.24, 2.45) is 0 Å². The summed E-state index contributed by atoms with van der Waals surface area (Å²) in [7, 11) is 3.02. The van der Waals surface area contributed by atoms with Crippen molar-refractivity contribution in [3.63, 3.8) is 0 Å². The van der Waals surface area contributed by atoms with Crippen LogP contribution in [-0.4, -0.2) is 25.3 Å². The van der Waals surface area contributed by atoms with Gasteiger partial charge in [0.15, 0.2) is 11.5 Å². The third-order valence-corrected chi connectivity index (χ3v) is 2.62. The molecule has 17 heavy (non-hydrogen) atoms. The summed E-state index contributed by atoms with van der Waals surface area (Å²) in [5.41, 5.74) is 0.207. The molecular formula is C13H12O4. The zero-order valence-electron chi connectivity index (χ0n) is 9.56. The summed E-state index contributed by atoms with van der Waals surface area (Å²) in [5.74, 6) is -0.0150. The molecule has 0 unspecified atom stereocenters. The van der Waals surface area contributed by atoms with Gasteiger partial charge in [0.1, 0.15) is 0 Å². The van der Waals surface area contributed by atoms with Gasteiger partial charge in [-0.15, -0.1) is 0 Å². The highest BCUT2D eigenvalue weighted by molar-refractivity contribution is 6.06. The van der Waals surface area contributed by atoms with E-state index >= 15 is 0 Å². The average Bonchev–Trinajstić information content (AvgIpc) is 2.36. The van der Waals surface area contributed by atoms with E-state index in [-0.39, 0.29) is 5.56 Å². The Bertz CT molecular complexity index is 575. The number of aromatic carboxylic acids is 1. The maximum Gasteiger partial charge on any atom is 0.336 e. The van der Waals surface area contributed by atoms with Crippen molar-refractivity contribution in [2.75, 3.05) is 14.2 Å². The predicted molar refractivity (Wildman–Crippen MR) is 64.0 cm³/mol. The van der Waals surface area contributed by atoms with E-state index in [2.05, 4.69) is 0 Å². The average molecular weight is 232 g/mol. The lowest BCUT2D eigenvalue weighted by Gasteiger charge is -2.12. The van der Waals surface area contributed by atoms with Gasteiger partial charge in [0.25, 0.3) is 0 Å². The van der Waals surface area contributed by atoms with E-state index in [1.165, 1.54) is 20.3 Å². The molecule has 1 N–H and O–H groups in total. The van der Waals surface area contributed by atoms with Crippen LogP contribution >= 0.6 is 0 Å². The summed E-state index contributed by atoms with van der Waals surface area (Å²) in [6.07, 6.45) is 0. The molecule has 4 nitrogen and oxygen atoms in total. The molecular weight excluding hydrogens is 220 g/mol. The molecule has 0 radical (unpaired) electrons. The van der Waals surface area contributed by atoms with Crippen molar-refractivity contribution in [2.45, 2.75) is 0 Å². The number of carbonyl (C=O) groups is 1. The molecule has 0 fully saturated rings. The number of carboxylic acid groups (broad SMARTS) is 1. The first-order valence-corrected chi connectivity index (χ1v) is 5.06. The zero-order valence-corrected chi connectivity index (χ0v) is 9.56. The van der Waals surface area contributed by atoms with Gasteiger partial charge in [0.05, 0.1) is 19.8 Å². The molecule has 0 aliphatic heterocycles. The second-order valence-corrected chi connectivity index (χ2v) is 3.51. The number of methoxy groups -OCH3 is 2. The molecule has 88 valence electrons. The molecule has 0 bridgehead atoms. The highest BCUT2D eigenvalue weighted by atomic mass is 16.5. The summed E-state index contributed by atoms with van der Waals surface area (Å²) in [6, 6.07) is 8.66. The SMILES string of the molecule is COc1cc(C(=O)O)c2ccccc2c1OC. The highest BCUT2D eigenvalue weighted by Gasteiger charge is 2.16. The van der Waals surface area contributed by atoms with E-state index in [1.54, 1.807) is 12.1 Å². The molecule has 0 atom stereocenters. The van der Waals surface area contributed by atoms with Crippen molar-refractivity contribution < 1.29 is 19.4 Å². The molecule has 0 saturated carbocycles. The number of rotatable bonds is 3. The van der Waals surface area contributed by atoms with Crippen LogP contribution in [0.15, 0.2) is 30.3 Å². The van der Waals surface area contributed by atoms with Gasteiger partial charge in [-0.2, -0.15) is 0 Å². The van der Waals surface area contributed by atoms with Crippen LogP contribution in [0.25, 0.3) is 10.8 Å². The monoisotopic (exact) mass is 232 g/mol. The number of fused-ring (bicyclic) bond motifs is 1. The molecule has 0 heterocycles. The second-order valence-electron chi connectivity index (χ2n) is 3.51. The van der Waals surface area contributed by atoms with Crippen LogP contribution in [0.3, 0.4) is 0 Å². The van der Waals surface area contributed by atoms with Crippen molar-refractivity contribution in [3.8, 4) is 11.5 Å². The minimum Gasteiger partial charge on any atom is -0.493 e. The van der Waals surface area contributed by atoms with Crippen molar-refractivity contribution in [1.82, 2.24) is 0 Å². The standard InChI is InChI=1S/C13H12O4/c1-16-11-7-10(13(14)15)8-5-3-4-6-9(8)12(11)17-2/h3-7H,1-2H3,(H,14,15). The fraction of sp³-hybridized carbons (Fsp3) is 0.154. The third kappa shape index (κ3) is 1.78. The Labute approximate surface area is 98.4 Å². The third-order valence-electron chi connectivity index (χ3n) is 2.62. The fourth-order valence-corrected chi connectivity index (χ4v) is 1.86. The van der Waals surface area contributed by atoms with Crippen LogP contribution in [-0.2, 0) is 0 Å². The van der Waals surface area contributed by atoms with Gasteiger partial charge in [-0.05, 0) is 6.07 Å². The van der Waals surface area contributed by atoms with E-state index < -0.39 is 5.97 Å². The molecule has 0 amide bonds. The Kier molecular flexibility index (Phi) is 2.87. The maximum absolute atomic E-state index is 11.2. The highest BCUT2D eigenvalue weighted by Crippen LogP contribution is 2.37. The van der Waals surface area contributed by atoms with Gasteiger partial charge >= 0.3 is 5.97 Å². The summed E-state index contributed by atoms with van der Waals surface area (Å²) >= 11 is 0.